The van der Waals surface area contributed by atoms with E-state index in [9.17, 15) is 0 Å². The lowest BCUT2D eigenvalue weighted by Crippen LogP contribution is -2.47. The molecule has 2 aromatic carbocycles. The summed E-state index contributed by atoms with van der Waals surface area (Å²) in [5.41, 5.74) is 0. The van der Waals surface area contributed by atoms with Gasteiger partial charge >= 0.3 is 0 Å². The fraction of sp³-hybridized carbons (Fsp3) is 0.613. The van der Waals surface area contributed by atoms with E-state index >= 15 is 0 Å². The first-order valence-electron chi connectivity index (χ1n) is 14.0. The van der Waals surface area contributed by atoms with Crippen LogP contribution in [0, 0.1) is 5.92 Å². The van der Waals surface area contributed by atoms with Gasteiger partial charge in [-0.2, -0.15) is 0 Å². The molecule has 0 spiro atoms. The highest BCUT2D eigenvalue weighted by Crippen LogP contribution is 2.38. The van der Waals surface area contributed by atoms with Crippen LogP contribution >= 0.6 is 7.92 Å². The van der Waals surface area contributed by atoms with Crippen LogP contribution in [-0.2, 0) is 14.2 Å². The lowest BCUT2D eigenvalue weighted by atomic mass is 9.93. The van der Waals surface area contributed by atoms with Crippen LogP contribution < -0.4 is 10.6 Å². The minimum absolute atomic E-state index is 0.233. The summed E-state index contributed by atoms with van der Waals surface area (Å²) in [6.45, 7) is 10.2. The fourth-order valence-corrected chi connectivity index (χ4v) is 7.25. The minimum Gasteiger partial charge on any atom is -0.328 e. The molecule has 35 heavy (non-hydrogen) atoms. The maximum absolute atomic E-state index is 6.26. The van der Waals surface area contributed by atoms with Crippen molar-refractivity contribution < 1.29 is 14.2 Å². The van der Waals surface area contributed by atoms with E-state index in [0.29, 0.717) is 19.8 Å². The topological polar surface area (TPSA) is 27.7 Å². The third-order valence-corrected chi connectivity index (χ3v) is 9.12. The van der Waals surface area contributed by atoms with Gasteiger partial charge in [-0.3, -0.25) is 0 Å². The van der Waals surface area contributed by atoms with E-state index in [0.717, 1.165) is 25.4 Å². The molecule has 196 valence electrons. The maximum atomic E-state index is 6.26. The average molecular weight is 501 g/mol. The van der Waals surface area contributed by atoms with Crippen molar-refractivity contribution in [2.75, 3.05) is 26.0 Å². The molecule has 0 radical (unpaired) electrons. The van der Waals surface area contributed by atoms with Crippen molar-refractivity contribution in [2.24, 2.45) is 5.92 Å². The van der Waals surface area contributed by atoms with Crippen molar-refractivity contribution in [3.8, 4) is 0 Å². The number of rotatable bonds is 20. The summed E-state index contributed by atoms with van der Waals surface area (Å²) >= 11 is 0. The van der Waals surface area contributed by atoms with E-state index in [2.05, 4.69) is 67.6 Å². The van der Waals surface area contributed by atoms with Gasteiger partial charge in [0.15, 0.2) is 0 Å². The summed E-state index contributed by atoms with van der Waals surface area (Å²) in [5.74, 6) is -0.693. The molecule has 0 bridgehead atoms. The lowest BCUT2D eigenvalue weighted by Gasteiger charge is -2.39. The molecule has 0 saturated heterocycles. The Hall–Kier alpha value is -1.25. The van der Waals surface area contributed by atoms with E-state index in [4.69, 9.17) is 14.2 Å². The van der Waals surface area contributed by atoms with Gasteiger partial charge in [-0.15, -0.1) is 0 Å². The molecule has 0 aromatic heterocycles. The normalized spacial score (nSPS) is 12.8. The number of hydrogen-bond acceptors (Lipinski definition) is 3. The highest BCUT2D eigenvalue weighted by atomic mass is 31.1. The van der Waals surface area contributed by atoms with E-state index < -0.39 is 5.97 Å². The van der Waals surface area contributed by atoms with E-state index in [-0.39, 0.29) is 13.8 Å². The number of unbranched alkanes of at least 4 members (excludes halogenated alkanes) is 5. The van der Waals surface area contributed by atoms with Crippen LogP contribution in [0.2, 0.25) is 0 Å². The molecule has 1 atom stereocenters. The van der Waals surface area contributed by atoms with Gasteiger partial charge in [-0.05, 0) is 64.7 Å². The van der Waals surface area contributed by atoms with Crippen molar-refractivity contribution in [3.63, 3.8) is 0 Å². The first-order chi connectivity index (χ1) is 17.2. The second kappa shape index (κ2) is 18.1. The predicted octanol–water partition coefficient (Wildman–Crippen LogP) is 8.03. The molecular weight excluding hydrogens is 451 g/mol. The van der Waals surface area contributed by atoms with E-state index in [1.165, 1.54) is 49.1 Å². The summed E-state index contributed by atoms with van der Waals surface area (Å²) in [5, 5.41) is 2.90. The Labute approximate surface area is 216 Å². The Morgan fingerprint density at radius 2 is 1.06 bits per heavy atom. The summed E-state index contributed by atoms with van der Waals surface area (Å²) in [6.07, 6.45) is 12.2. The zero-order valence-corrected chi connectivity index (χ0v) is 23.6. The van der Waals surface area contributed by atoms with Crippen molar-refractivity contribution in [2.45, 2.75) is 91.5 Å². The summed E-state index contributed by atoms with van der Waals surface area (Å²) in [7, 11) is -0.386. The Balaban J connectivity index is 2.13. The molecular formula is C31H49O3P. The third-order valence-electron chi connectivity index (χ3n) is 6.51. The Morgan fingerprint density at radius 3 is 1.54 bits per heavy atom. The molecule has 2 rings (SSSR count). The van der Waals surface area contributed by atoms with Gasteiger partial charge in [0.25, 0.3) is 5.97 Å². The van der Waals surface area contributed by atoms with Crippen LogP contribution in [0.1, 0.15) is 85.5 Å². The SMILES string of the molecule is CCCCCCCCC(CCCP(c1ccccc1)c1ccccc1)C(OCC)(OCC)OCC. The van der Waals surface area contributed by atoms with Crippen LogP contribution in [0.5, 0.6) is 0 Å². The Kier molecular flexibility index (Phi) is 15.5. The molecule has 4 heteroatoms. The monoisotopic (exact) mass is 500 g/mol. The van der Waals surface area contributed by atoms with Crippen molar-refractivity contribution in [1.82, 2.24) is 0 Å². The summed E-state index contributed by atoms with van der Waals surface area (Å²) < 4.78 is 18.8. The maximum Gasteiger partial charge on any atom is 0.285 e. The molecule has 2 aromatic rings. The highest BCUT2D eigenvalue weighted by Gasteiger charge is 2.41. The van der Waals surface area contributed by atoms with Gasteiger partial charge in [-0.1, -0.05) is 106 Å². The molecule has 1 unspecified atom stereocenters. The quantitative estimate of drug-likeness (QED) is 0.105. The molecule has 0 fully saturated rings. The molecule has 0 aliphatic heterocycles. The van der Waals surface area contributed by atoms with Crippen LogP contribution in [-0.4, -0.2) is 32.0 Å². The Morgan fingerprint density at radius 1 is 0.600 bits per heavy atom. The van der Waals surface area contributed by atoms with Gasteiger partial charge in [0.05, 0.1) is 0 Å². The molecule has 0 aliphatic carbocycles. The van der Waals surface area contributed by atoms with Crippen molar-refractivity contribution >= 4 is 18.5 Å². The van der Waals surface area contributed by atoms with Crippen LogP contribution in [0.4, 0.5) is 0 Å². The van der Waals surface area contributed by atoms with E-state index in [1.54, 1.807) is 0 Å². The second-order valence-corrected chi connectivity index (χ2v) is 11.5. The fourth-order valence-electron chi connectivity index (χ4n) is 4.87. The zero-order valence-electron chi connectivity index (χ0n) is 22.7. The van der Waals surface area contributed by atoms with Gasteiger partial charge in [-0.25, -0.2) is 0 Å². The number of benzene rings is 2. The smallest absolute Gasteiger partial charge is 0.285 e. The second-order valence-electron chi connectivity index (χ2n) is 9.12. The first-order valence-corrected chi connectivity index (χ1v) is 15.5. The largest absolute Gasteiger partial charge is 0.328 e. The average Bonchev–Trinajstić information content (AvgIpc) is 2.88. The lowest BCUT2D eigenvalue weighted by molar-refractivity contribution is -0.403. The van der Waals surface area contributed by atoms with Crippen LogP contribution in [0.3, 0.4) is 0 Å². The molecule has 0 saturated carbocycles. The molecule has 0 amide bonds. The van der Waals surface area contributed by atoms with Crippen molar-refractivity contribution in [1.29, 1.82) is 0 Å². The summed E-state index contributed by atoms with van der Waals surface area (Å²) in [6, 6.07) is 22.0. The zero-order chi connectivity index (χ0) is 25.2. The summed E-state index contributed by atoms with van der Waals surface area (Å²) in [4.78, 5) is 0. The molecule has 0 N–H and O–H groups in total. The molecule has 0 aliphatic rings. The minimum atomic E-state index is -0.927. The third kappa shape index (κ3) is 10.3. The van der Waals surface area contributed by atoms with Gasteiger partial charge in [0.1, 0.15) is 0 Å². The van der Waals surface area contributed by atoms with Crippen LogP contribution in [0.15, 0.2) is 60.7 Å². The molecule has 0 heterocycles. The van der Waals surface area contributed by atoms with E-state index in [1.807, 2.05) is 20.8 Å². The Bertz CT molecular complexity index is 696. The highest BCUT2D eigenvalue weighted by molar-refractivity contribution is 7.73. The first kappa shape index (κ1) is 30.0. The molecule has 3 nitrogen and oxygen atoms in total. The van der Waals surface area contributed by atoms with Crippen LogP contribution in [0.25, 0.3) is 0 Å². The predicted molar refractivity (Wildman–Crippen MR) is 152 cm³/mol. The number of hydrogen-bond donors (Lipinski definition) is 0. The van der Waals surface area contributed by atoms with Gasteiger partial charge < -0.3 is 14.2 Å². The number of ether oxygens (including phenoxy) is 3. The van der Waals surface area contributed by atoms with Gasteiger partial charge in [0.2, 0.25) is 0 Å². The van der Waals surface area contributed by atoms with Crippen molar-refractivity contribution in [3.05, 3.63) is 60.7 Å². The standard InChI is InChI=1S/C31H49O3P/c1-5-9-10-11-12-15-21-28(31(32-6-2,33-7-3)34-8-4)22-20-27-35(29-23-16-13-17-24-29)30-25-18-14-19-26-30/h13-14,16-19,23-26,28H,5-12,15,20-22,27H2,1-4H3. The van der Waals surface area contributed by atoms with Gasteiger partial charge in [0, 0.05) is 25.7 Å².